The largest absolute Gasteiger partial charge is 0.383 e. The van der Waals surface area contributed by atoms with Gasteiger partial charge in [-0.15, -0.1) is 0 Å². The maximum atomic E-state index is 8.82. The first-order chi connectivity index (χ1) is 6.43. The molecule has 0 heterocycles. The molecule has 4 nitrogen and oxygen atoms in total. The van der Waals surface area contributed by atoms with E-state index in [0.29, 0.717) is 19.2 Å². The molecule has 0 fully saturated rings. The molecular weight excluding hydrogens is 178 g/mol. The number of nitriles is 1. The Kier molecular flexibility index (Phi) is 5.70. The third kappa shape index (κ3) is 5.18. The average Bonchev–Trinajstić information content (AvgIpc) is 2.12. The molecule has 0 spiro atoms. The summed E-state index contributed by atoms with van der Waals surface area (Å²) < 4.78 is 5.01. The molecule has 1 atom stereocenters. The molecule has 0 aliphatic rings. The monoisotopic (exact) mass is 199 g/mol. The van der Waals surface area contributed by atoms with Gasteiger partial charge < -0.3 is 10.5 Å². The molecule has 0 bridgehead atoms. The first-order valence-electron chi connectivity index (χ1n) is 4.86. The van der Waals surface area contributed by atoms with E-state index in [1.807, 2.05) is 0 Å². The van der Waals surface area contributed by atoms with Crippen molar-refractivity contribution in [3.8, 4) is 6.07 Å². The summed E-state index contributed by atoms with van der Waals surface area (Å²) in [5, 5.41) is 8.82. The van der Waals surface area contributed by atoms with Gasteiger partial charge >= 0.3 is 0 Å². The highest BCUT2D eigenvalue weighted by atomic mass is 16.5. The maximum Gasteiger partial charge on any atom is 0.114 e. The molecule has 1 unspecified atom stereocenters. The Morgan fingerprint density at radius 3 is 2.50 bits per heavy atom. The molecule has 4 heteroatoms. The minimum absolute atomic E-state index is 0.376. The Bertz CT molecular complexity index is 196. The number of nitrogens with two attached hydrogens (primary N) is 1. The van der Waals surface area contributed by atoms with Crippen LogP contribution in [0.2, 0.25) is 0 Å². The summed E-state index contributed by atoms with van der Waals surface area (Å²) in [6, 6.07) is 2.47. The van der Waals surface area contributed by atoms with Crippen LogP contribution in [0.5, 0.6) is 0 Å². The van der Waals surface area contributed by atoms with Crippen molar-refractivity contribution < 1.29 is 4.74 Å². The highest BCUT2D eigenvalue weighted by molar-refractivity contribution is 5.03. The number of methoxy groups -OCH3 is 1. The Labute approximate surface area is 86.6 Å². The van der Waals surface area contributed by atoms with Crippen LogP contribution < -0.4 is 5.73 Å². The van der Waals surface area contributed by atoms with E-state index in [0.717, 1.165) is 6.54 Å². The van der Waals surface area contributed by atoms with Crippen LogP contribution in [0.15, 0.2) is 0 Å². The molecule has 0 rings (SSSR count). The second-order valence-corrected chi connectivity index (χ2v) is 4.09. The molecule has 0 aliphatic carbocycles. The Balaban J connectivity index is 4.17. The molecule has 0 radical (unpaired) electrons. The normalized spacial score (nSPS) is 15.6. The van der Waals surface area contributed by atoms with Crippen molar-refractivity contribution in [2.45, 2.75) is 32.4 Å². The van der Waals surface area contributed by atoms with E-state index >= 15 is 0 Å². The van der Waals surface area contributed by atoms with Crippen LogP contribution in [0.25, 0.3) is 0 Å². The van der Waals surface area contributed by atoms with Gasteiger partial charge in [0.05, 0.1) is 12.7 Å². The van der Waals surface area contributed by atoms with Crippen molar-refractivity contribution in [1.82, 2.24) is 4.90 Å². The van der Waals surface area contributed by atoms with Gasteiger partial charge in [0.1, 0.15) is 5.54 Å². The molecular formula is C10H21N3O. The van der Waals surface area contributed by atoms with Crippen molar-refractivity contribution in [1.29, 1.82) is 5.26 Å². The molecule has 0 saturated carbocycles. The van der Waals surface area contributed by atoms with Gasteiger partial charge in [0.2, 0.25) is 0 Å². The van der Waals surface area contributed by atoms with Crippen molar-refractivity contribution in [2.24, 2.45) is 5.73 Å². The molecule has 82 valence electrons. The van der Waals surface area contributed by atoms with Crippen LogP contribution in [0.4, 0.5) is 0 Å². The molecule has 0 aromatic carbocycles. The summed E-state index contributed by atoms with van der Waals surface area (Å²) in [4.78, 5) is 2.15. The fourth-order valence-electron chi connectivity index (χ4n) is 1.19. The van der Waals surface area contributed by atoms with Crippen LogP contribution in [0.1, 0.15) is 20.8 Å². The van der Waals surface area contributed by atoms with E-state index in [-0.39, 0.29) is 0 Å². The second kappa shape index (κ2) is 5.97. The third-order valence-corrected chi connectivity index (χ3v) is 2.10. The van der Waals surface area contributed by atoms with Crippen molar-refractivity contribution in [3.05, 3.63) is 0 Å². The lowest BCUT2D eigenvalue weighted by Crippen LogP contribution is -2.49. The zero-order valence-electron chi connectivity index (χ0n) is 9.58. The van der Waals surface area contributed by atoms with E-state index in [1.165, 1.54) is 0 Å². The first kappa shape index (κ1) is 13.4. The third-order valence-electron chi connectivity index (χ3n) is 2.10. The number of hydrogen-bond donors (Lipinski definition) is 1. The molecule has 2 N–H and O–H groups in total. The lowest BCUT2D eigenvalue weighted by Gasteiger charge is -2.30. The fourth-order valence-corrected chi connectivity index (χ4v) is 1.19. The molecule has 0 amide bonds. The van der Waals surface area contributed by atoms with Gasteiger partial charge in [0, 0.05) is 26.2 Å². The lowest BCUT2D eigenvalue weighted by molar-refractivity contribution is 0.120. The van der Waals surface area contributed by atoms with E-state index in [4.69, 9.17) is 15.7 Å². The number of nitrogens with zero attached hydrogens (tertiary/aromatic N) is 2. The Hall–Kier alpha value is -0.630. The van der Waals surface area contributed by atoms with Gasteiger partial charge in [-0.25, -0.2) is 0 Å². The lowest BCUT2D eigenvalue weighted by atomic mass is 10.1. The van der Waals surface area contributed by atoms with E-state index in [9.17, 15) is 0 Å². The number of hydrogen-bond acceptors (Lipinski definition) is 4. The SMILES string of the molecule is COCCN(CC(C)(N)C#N)C(C)C. The number of ether oxygens (including phenoxy) is 1. The van der Waals surface area contributed by atoms with Crippen LogP contribution in [-0.2, 0) is 4.74 Å². The van der Waals surface area contributed by atoms with Crippen LogP contribution >= 0.6 is 0 Å². The smallest absolute Gasteiger partial charge is 0.114 e. The van der Waals surface area contributed by atoms with Crippen LogP contribution in [-0.4, -0.2) is 43.3 Å². The van der Waals surface area contributed by atoms with Crippen LogP contribution in [0, 0.1) is 11.3 Å². The summed E-state index contributed by atoms with van der Waals surface area (Å²) in [6.45, 7) is 7.97. The standard InChI is InChI=1S/C10H21N3O/c1-9(2)13(5-6-14-4)8-10(3,12)7-11/h9H,5-6,8,12H2,1-4H3. The average molecular weight is 199 g/mol. The minimum atomic E-state index is -0.780. The van der Waals surface area contributed by atoms with Gasteiger partial charge in [0.25, 0.3) is 0 Å². The Morgan fingerprint density at radius 1 is 1.57 bits per heavy atom. The summed E-state index contributed by atoms with van der Waals surface area (Å²) in [7, 11) is 1.67. The summed E-state index contributed by atoms with van der Waals surface area (Å²) in [5.41, 5.74) is 5.00. The molecule has 0 saturated heterocycles. The van der Waals surface area contributed by atoms with Crippen LogP contribution in [0.3, 0.4) is 0 Å². The predicted octanol–water partition coefficient (Wildman–Crippen LogP) is 0.584. The zero-order chi connectivity index (χ0) is 11.2. The van der Waals surface area contributed by atoms with Gasteiger partial charge in [-0.2, -0.15) is 5.26 Å². The van der Waals surface area contributed by atoms with Crippen molar-refractivity contribution >= 4 is 0 Å². The first-order valence-corrected chi connectivity index (χ1v) is 4.86. The summed E-state index contributed by atoms with van der Waals surface area (Å²) >= 11 is 0. The molecule has 14 heavy (non-hydrogen) atoms. The summed E-state index contributed by atoms with van der Waals surface area (Å²) in [5.74, 6) is 0. The quantitative estimate of drug-likeness (QED) is 0.680. The second-order valence-electron chi connectivity index (χ2n) is 4.09. The fraction of sp³-hybridized carbons (Fsp3) is 0.900. The molecule has 0 aromatic rings. The van der Waals surface area contributed by atoms with Crippen molar-refractivity contribution in [2.75, 3.05) is 26.8 Å². The van der Waals surface area contributed by atoms with Crippen molar-refractivity contribution in [3.63, 3.8) is 0 Å². The van der Waals surface area contributed by atoms with Gasteiger partial charge in [-0.3, -0.25) is 4.90 Å². The molecule has 0 aliphatic heterocycles. The predicted molar refractivity (Wildman–Crippen MR) is 56.8 cm³/mol. The van der Waals surface area contributed by atoms with Gasteiger partial charge in [-0.05, 0) is 20.8 Å². The highest BCUT2D eigenvalue weighted by Gasteiger charge is 2.22. The molecule has 0 aromatic heterocycles. The summed E-state index contributed by atoms with van der Waals surface area (Å²) in [6.07, 6.45) is 0. The zero-order valence-corrected chi connectivity index (χ0v) is 9.58. The van der Waals surface area contributed by atoms with Gasteiger partial charge in [0.15, 0.2) is 0 Å². The highest BCUT2D eigenvalue weighted by Crippen LogP contribution is 2.05. The minimum Gasteiger partial charge on any atom is -0.383 e. The van der Waals surface area contributed by atoms with Gasteiger partial charge in [-0.1, -0.05) is 0 Å². The maximum absolute atomic E-state index is 8.82. The van der Waals surface area contributed by atoms with E-state index < -0.39 is 5.54 Å². The van der Waals surface area contributed by atoms with E-state index in [1.54, 1.807) is 14.0 Å². The number of rotatable bonds is 6. The van der Waals surface area contributed by atoms with E-state index in [2.05, 4.69) is 24.8 Å². The topological polar surface area (TPSA) is 62.3 Å². The Morgan fingerprint density at radius 2 is 2.14 bits per heavy atom.